The second kappa shape index (κ2) is 8.37. The maximum absolute atomic E-state index is 12.8. The first-order valence-electron chi connectivity index (χ1n) is 9.70. The van der Waals surface area contributed by atoms with Crippen molar-refractivity contribution in [3.8, 4) is 0 Å². The molecule has 7 nitrogen and oxygen atoms in total. The highest BCUT2D eigenvalue weighted by molar-refractivity contribution is 7.89. The number of fused-ring (bicyclic) bond motifs is 1. The van der Waals surface area contributed by atoms with Crippen LogP contribution in [0.4, 0.5) is 0 Å². The standard InChI is InChI=1S/C21H22ClN3O4S/c1-15-3-2-10-24-13-18(23-20(15)24)14-29-21(26)16-8-11-25(12-9-16)30(27,28)19-6-4-17(22)5-7-19/h2-7,10,13,16H,8-9,11-12,14H2,1H3. The van der Waals surface area contributed by atoms with E-state index in [4.69, 9.17) is 16.3 Å². The minimum absolute atomic E-state index is 0.100. The molecule has 0 aliphatic carbocycles. The Labute approximate surface area is 180 Å². The second-order valence-corrected chi connectivity index (χ2v) is 9.77. The number of carbonyl (C=O) groups is 1. The molecule has 0 saturated carbocycles. The van der Waals surface area contributed by atoms with Crippen LogP contribution < -0.4 is 0 Å². The van der Waals surface area contributed by atoms with Crippen LogP contribution in [0.25, 0.3) is 5.65 Å². The van der Waals surface area contributed by atoms with Crippen LogP contribution in [0.1, 0.15) is 24.1 Å². The molecule has 0 bridgehead atoms. The zero-order valence-corrected chi connectivity index (χ0v) is 18.1. The molecule has 30 heavy (non-hydrogen) atoms. The number of rotatable bonds is 5. The van der Waals surface area contributed by atoms with Gasteiger partial charge in [0, 0.05) is 30.5 Å². The van der Waals surface area contributed by atoms with Gasteiger partial charge in [0.15, 0.2) is 0 Å². The number of hydrogen-bond donors (Lipinski definition) is 0. The number of benzene rings is 1. The topological polar surface area (TPSA) is 81.0 Å². The molecule has 9 heteroatoms. The normalized spacial score (nSPS) is 16.1. The number of aromatic nitrogens is 2. The molecule has 0 atom stereocenters. The minimum atomic E-state index is -3.59. The first kappa shape index (κ1) is 20.8. The third-order valence-corrected chi connectivity index (χ3v) is 7.49. The van der Waals surface area contributed by atoms with E-state index in [0.717, 1.165) is 11.2 Å². The Morgan fingerprint density at radius 2 is 1.90 bits per heavy atom. The number of nitrogens with zero attached hydrogens (tertiary/aromatic N) is 3. The lowest BCUT2D eigenvalue weighted by Gasteiger charge is -2.30. The molecule has 3 heterocycles. The fourth-order valence-corrected chi connectivity index (χ4v) is 5.22. The number of carbonyl (C=O) groups excluding carboxylic acids is 1. The quantitative estimate of drug-likeness (QED) is 0.559. The van der Waals surface area contributed by atoms with Gasteiger partial charge in [-0.25, -0.2) is 13.4 Å². The monoisotopic (exact) mass is 447 g/mol. The number of aryl methyl sites for hydroxylation is 1. The lowest BCUT2D eigenvalue weighted by atomic mass is 9.98. The molecule has 0 N–H and O–H groups in total. The van der Waals surface area contributed by atoms with E-state index in [1.165, 1.54) is 16.4 Å². The summed E-state index contributed by atoms with van der Waals surface area (Å²) in [7, 11) is -3.59. The summed E-state index contributed by atoms with van der Waals surface area (Å²) in [6, 6.07) is 10.0. The van der Waals surface area contributed by atoms with Gasteiger partial charge in [0.2, 0.25) is 10.0 Å². The Balaban J connectivity index is 1.33. The van der Waals surface area contributed by atoms with Crippen LogP contribution in [0, 0.1) is 12.8 Å². The summed E-state index contributed by atoms with van der Waals surface area (Å²) < 4.78 is 34.3. The van der Waals surface area contributed by atoms with Crippen LogP contribution in [0.5, 0.6) is 0 Å². The first-order valence-corrected chi connectivity index (χ1v) is 11.5. The van der Waals surface area contributed by atoms with Crippen molar-refractivity contribution in [1.29, 1.82) is 0 Å². The van der Waals surface area contributed by atoms with Gasteiger partial charge in [-0.3, -0.25) is 4.79 Å². The SMILES string of the molecule is Cc1cccn2cc(COC(=O)C3CCN(S(=O)(=O)c4ccc(Cl)cc4)CC3)nc12. The highest BCUT2D eigenvalue weighted by Gasteiger charge is 2.32. The molecule has 0 unspecified atom stereocenters. The largest absolute Gasteiger partial charge is 0.459 e. The highest BCUT2D eigenvalue weighted by atomic mass is 35.5. The summed E-state index contributed by atoms with van der Waals surface area (Å²) in [6.07, 6.45) is 4.60. The number of sulfonamides is 1. The summed E-state index contributed by atoms with van der Waals surface area (Å²) in [5, 5.41) is 0.483. The maximum atomic E-state index is 12.8. The van der Waals surface area contributed by atoms with Crippen molar-refractivity contribution in [2.24, 2.45) is 5.92 Å². The van der Waals surface area contributed by atoms with Crippen molar-refractivity contribution < 1.29 is 17.9 Å². The molecule has 1 fully saturated rings. The van der Waals surface area contributed by atoms with Crippen molar-refractivity contribution in [2.45, 2.75) is 31.3 Å². The van der Waals surface area contributed by atoms with Gasteiger partial charge >= 0.3 is 5.97 Å². The number of piperidine rings is 1. The predicted molar refractivity (Wildman–Crippen MR) is 113 cm³/mol. The van der Waals surface area contributed by atoms with Crippen molar-refractivity contribution in [3.63, 3.8) is 0 Å². The molecule has 158 valence electrons. The molecule has 0 amide bonds. The minimum Gasteiger partial charge on any atom is -0.459 e. The maximum Gasteiger partial charge on any atom is 0.309 e. The smallest absolute Gasteiger partial charge is 0.309 e. The van der Waals surface area contributed by atoms with E-state index in [1.807, 2.05) is 35.9 Å². The van der Waals surface area contributed by atoms with Gasteiger partial charge < -0.3 is 9.14 Å². The van der Waals surface area contributed by atoms with Crippen LogP contribution in [0.2, 0.25) is 5.02 Å². The third-order valence-electron chi connectivity index (χ3n) is 5.33. The van der Waals surface area contributed by atoms with E-state index in [9.17, 15) is 13.2 Å². The van der Waals surface area contributed by atoms with Crippen molar-refractivity contribution in [2.75, 3.05) is 13.1 Å². The Hall–Kier alpha value is -2.42. The predicted octanol–water partition coefficient (Wildman–Crippen LogP) is 3.44. The number of esters is 1. The average molecular weight is 448 g/mol. The molecular formula is C21H22ClN3O4S. The highest BCUT2D eigenvalue weighted by Crippen LogP contribution is 2.25. The second-order valence-electron chi connectivity index (χ2n) is 7.39. The zero-order valence-electron chi connectivity index (χ0n) is 16.5. The summed E-state index contributed by atoms with van der Waals surface area (Å²) in [5.41, 5.74) is 2.56. The van der Waals surface area contributed by atoms with E-state index in [1.54, 1.807) is 12.1 Å². The van der Waals surface area contributed by atoms with Gasteiger partial charge in [0.25, 0.3) is 0 Å². The lowest BCUT2D eigenvalue weighted by molar-refractivity contribution is -0.151. The number of halogens is 1. The lowest BCUT2D eigenvalue weighted by Crippen LogP contribution is -2.40. The zero-order chi connectivity index (χ0) is 21.3. The van der Waals surface area contributed by atoms with Gasteiger partial charge in [-0.05, 0) is 55.7 Å². The van der Waals surface area contributed by atoms with E-state index >= 15 is 0 Å². The van der Waals surface area contributed by atoms with Gasteiger partial charge in [0.1, 0.15) is 12.3 Å². The Kier molecular flexibility index (Phi) is 5.81. The number of pyridine rings is 1. The molecule has 0 spiro atoms. The molecule has 0 radical (unpaired) electrons. The fourth-order valence-electron chi connectivity index (χ4n) is 3.62. The third kappa shape index (κ3) is 4.21. The Morgan fingerprint density at radius 1 is 1.20 bits per heavy atom. The molecule has 1 saturated heterocycles. The van der Waals surface area contributed by atoms with E-state index in [2.05, 4.69) is 4.98 Å². The Bertz CT molecular complexity index is 1170. The van der Waals surface area contributed by atoms with Crippen molar-refractivity contribution in [1.82, 2.24) is 13.7 Å². The van der Waals surface area contributed by atoms with Crippen molar-refractivity contribution in [3.05, 3.63) is 65.1 Å². The van der Waals surface area contributed by atoms with Crippen LogP contribution in [0.15, 0.2) is 53.7 Å². The summed E-state index contributed by atoms with van der Waals surface area (Å²) in [5.74, 6) is -0.632. The summed E-state index contributed by atoms with van der Waals surface area (Å²) in [4.78, 5) is 17.2. The summed E-state index contributed by atoms with van der Waals surface area (Å²) in [6.45, 7) is 2.63. The number of imidazole rings is 1. The molecule has 4 rings (SSSR count). The molecule has 1 aromatic carbocycles. The van der Waals surface area contributed by atoms with Gasteiger partial charge in [-0.15, -0.1) is 0 Å². The van der Waals surface area contributed by atoms with Crippen molar-refractivity contribution >= 4 is 33.2 Å². The van der Waals surface area contributed by atoms with E-state index < -0.39 is 10.0 Å². The van der Waals surface area contributed by atoms with Gasteiger partial charge in [0.05, 0.1) is 16.5 Å². The fraction of sp³-hybridized carbons (Fsp3) is 0.333. The summed E-state index contributed by atoms with van der Waals surface area (Å²) >= 11 is 5.84. The molecule has 1 aliphatic heterocycles. The Morgan fingerprint density at radius 3 is 2.57 bits per heavy atom. The van der Waals surface area contributed by atoms with Crippen LogP contribution >= 0.6 is 11.6 Å². The molecular weight excluding hydrogens is 426 g/mol. The molecule has 3 aromatic rings. The average Bonchev–Trinajstić information content (AvgIpc) is 3.17. The molecule has 2 aromatic heterocycles. The molecule has 1 aliphatic rings. The number of hydrogen-bond acceptors (Lipinski definition) is 5. The number of ether oxygens (including phenoxy) is 1. The van der Waals surface area contributed by atoms with Gasteiger partial charge in [-0.2, -0.15) is 4.31 Å². The van der Waals surface area contributed by atoms with Crippen LogP contribution in [-0.2, 0) is 26.2 Å². The van der Waals surface area contributed by atoms with E-state index in [0.29, 0.717) is 23.6 Å². The first-order chi connectivity index (χ1) is 14.3. The van der Waals surface area contributed by atoms with Crippen LogP contribution in [-0.4, -0.2) is 41.2 Å². The van der Waals surface area contributed by atoms with E-state index in [-0.39, 0.29) is 36.5 Å². The van der Waals surface area contributed by atoms with Crippen LogP contribution in [0.3, 0.4) is 0 Å². The van der Waals surface area contributed by atoms with Gasteiger partial charge in [-0.1, -0.05) is 17.7 Å².